The number of hydrogen-bond donors (Lipinski definition) is 2. The van der Waals surface area contributed by atoms with Crippen LogP contribution in [-0.2, 0) is 4.79 Å². The minimum absolute atomic E-state index is 0.0358. The van der Waals surface area contributed by atoms with E-state index in [1.54, 1.807) is 0 Å². The summed E-state index contributed by atoms with van der Waals surface area (Å²) in [4.78, 5) is 14.0. The van der Waals surface area contributed by atoms with Crippen molar-refractivity contribution in [1.82, 2.24) is 15.5 Å². The number of rotatable bonds is 7. The van der Waals surface area contributed by atoms with E-state index < -0.39 is 0 Å². The summed E-state index contributed by atoms with van der Waals surface area (Å²) < 4.78 is 0. The number of nitrogens with zero attached hydrogens (tertiary/aromatic N) is 2. The molecule has 1 heterocycles. The molecule has 0 aliphatic carbocycles. The molecule has 5 heteroatoms. The lowest BCUT2D eigenvalue weighted by Gasteiger charge is -2.35. The number of likely N-dealkylation sites (tertiary alicyclic amines) is 1. The molecule has 1 rings (SSSR count). The first-order valence-corrected chi connectivity index (χ1v) is 6.86. The maximum Gasteiger partial charge on any atom is 0.234 e. The Labute approximate surface area is 110 Å². The van der Waals surface area contributed by atoms with E-state index in [4.69, 9.17) is 5.26 Å². The van der Waals surface area contributed by atoms with E-state index in [0.29, 0.717) is 25.6 Å². The standard InChI is InChI=1S/C13H24N4O/c1-2-15-10-12-6-3-4-9-17(12)11-13(18)16-8-5-7-14/h12,15H,2-6,8-11H2,1H3,(H,16,18). The van der Waals surface area contributed by atoms with Crippen molar-refractivity contribution in [3.05, 3.63) is 0 Å². The van der Waals surface area contributed by atoms with E-state index in [1.807, 2.05) is 6.07 Å². The molecule has 1 fully saturated rings. The van der Waals surface area contributed by atoms with E-state index in [-0.39, 0.29) is 5.91 Å². The Kier molecular flexibility index (Phi) is 7.38. The van der Waals surface area contributed by atoms with E-state index in [9.17, 15) is 4.79 Å². The Morgan fingerprint density at radius 2 is 2.33 bits per heavy atom. The summed E-state index contributed by atoms with van der Waals surface area (Å²) in [6.45, 7) is 5.95. The van der Waals surface area contributed by atoms with Gasteiger partial charge in [-0.3, -0.25) is 9.69 Å². The van der Waals surface area contributed by atoms with Crippen LogP contribution >= 0.6 is 0 Å². The van der Waals surface area contributed by atoms with Gasteiger partial charge in [0, 0.05) is 19.1 Å². The van der Waals surface area contributed by atoms with Crippen molar-refractivity contribution in [2.75, 3.05) is 32.7 Å². The van der Waals surface area contributed by atoms with E-state index >= 15 is 0 Å². The number of amides is 1. The molecule has 1 amide bonds. The summed E-state index contributed by atoms with van der Waals surface area (Å²) in [5.41, 5.74) is 0. The average Bonchev–Trinajstić information content (AvgIpc) is 2.38. The molecule has 5 nitrogen and oxygen atoms in total. The molecule has 0 saturated carbocycles. The normalized spacial score (nSPS) is 20.3. The zero-order valence-electron chi connectivity index (χ0n) is 11.2. The molecular weight excluding hydrogens is 228 g/mol. The van der Waals surface area contributed by atoms with Crippen molar-refractivity contribution in [3.8, 4) is 6.07 Å². The average molecular weight is 252 g/mol. The topological polar surface area (TPSA) is 68.2 Å². The highest BCUT2D eigenvalue weighted by atomic mass is 16.2. The third kappa shape index (κ3) is 5.48. The van der Waals surface area contributed by atoms with Gasteiger partial charge in [0.2, 0.25) is 5.91 Å². The maximum absolute atomic E-state index is 11.7. The lowest BCUT2D eigenvalue weighted by atomic mass is 10.0. The number of carbonyl (C=O) groups excluding carboxylic acids is 1. The lowest BCUT2D eigenvalue weighted by Crippen LogP contribution is -2.49. The first-order chi connectivity index (χ1) is 8.77. The Morgan fingerprint density at radius 1 is 1.50 bits per heavy atom. The summed E-state index contributed by atoms with van der Waals surface area (Å²) in [7, 11) is 0. The fourth-order valence-electron chi connectivity index (χ4n) is 2.31. The predicted octanol–water partition coefficient (Wildman–Crippen LogP) is 0.480. The van der Waals surface area contributed by atoms with E-state index in [0.717, 1.165) is 19.6 Å². The largest absolute Gasteiger partial charge is 0.354 e. The summed E-state index contributed by atoms with van der Waals surface area (Å²) in [6.07, 6.45) is 3.97. The molecule has 1 atom stereocenters. The summed E-state index contributed by atoms with van der Waals surface area (Å²) in [6, 6.07) is 2.50. The molecule has 2 N–H and O–H groups in total. The highest BCUT2D eigenvalue weighted by molar-refractivity contribution is 5.78. The van der Waals surface area contributed by atoms with Crippen molar-refractivity contribution in [3.63, 3.8) is 0 Å². The minimum Gasteiger partial charge on any atom is -0.354 e. The van der Waals surface area contributed by atoms with Crippen LogP contribution in [0.3, 0.4) is 0 Å². The van der Waals surface area contributed by atoms with Gasteiger partial charge in [0.1, 0.15) is 0 Å². The van der Waals surface area contributed by atoms with Gasteiger partial charge in [0.15, 0.2) is 0 Å². The van der Waals surface area contributed by atoms with Gasteiger partial charge in [-0.15, -0.1) is 0 Å². The molecule has 0 aromatic heterocycles. The first-order valence-electron chi connectivity index (χ1n) is 6.86. The van der Waals surface area contributed by atoms with Crippen molar-refractivity contribution in [2.24, 2.45) is 0 Å². The zero-order valence-corrected chi connectivity index (χ0v) is 11.2. The molecule has 18 heavy (non-hydrogen) atoms. The molecule has 102 valence electrons. The fraction of sp³-hybridized carbons (Fsp3) is 0.846. The van der Waals surface area contributed by atoms with Crippen LogP contribution in [0.25, 0.3) is 0 Å². The third-order valence-corrected chi connectivity index (χ3v) is 3.28. The van der Waals surface area contributed by atoms with Crippen LogP contribution in [0.2, 0.25) is 0 Å². The van der Waals surface area contributed by atoms with Crippen molar-refractivity contribution < 1.29 is 4.79 Å². The second kappa shape index (κ2) is 8.90. The van der Waals surface area contributed by atoms with Gasteiger partial charge in [-0.25, -0.2) is 0 Å². The fourth-order valence-corrected chi connectivity index (χ4v) is 2.31. The molecular formula is C13H24N4O. The van der Waals surface area contributed by atoms with Crippen LogP contribution < -0.4 is 10.6 Å². The molecule has 1 aliphatic heterocycles. The Hall–Kier alpha value is -1.12. The minimum atomic E-state index is 0.0358. The molecule has 1 aliphatic rings. The Balaban J connectivity index is 2.32. The number of carbonyl (C=O) groups is 1. The van der Waals surface area contributed by atoms with Gasteiger partial charge in [-0.2, -0.15) is 5.26 Å². The third-order valence-electron chi connectivity index (χ3n) is 3.28. The van der Waals surface area contributed by atoms with Crippen molar-refractivity contribution in [2.45, 2.75) is 38.6 Å². The predicted molar refractivity (Wildman–Crippen MR) is 71.0 cm³/mol. The Morgan fingerprint density at radius 3 is 3.06 bits per heavy atom. The lowest BCUT2D eigenvalue weighted by molar-refractivity contribution is -0.123. The number of nitriles is 1. The molecule has 0 aromatic carbocycles. The van der Waals surface area contributed by atoms with Gasteiger partial charge in [-0.05, 0) is 25.9 Å². The summed E-state index contributed by atoms with van der Waals surface area (Å²) in [5.74, 6) is 0.0358. The summed E-state index contributed by atoms with van der Waals surface area (Å²) >= 11 is 0. The second-order valence-electron chi connectivity index (χ2n) is 4.69. The molecule has 0 radical (unpaired) electrons. The zero-order chi connectivity index (χ0) is 13.2. The highest BCUT2D eigenvalue weighted by Crippen LogP contribution is 2.15. The second-order valence-corrected chi connectivity index (χ2v) is 4.69. The van der Waals surface area contributed by atoms with E-state index in [1.165, 1.54) is 19.3 Å². The molecule has 0 spiro atoms. The molecule has 0 bridgehead atoms. The van der Waals surface area contributed by atoms with Crippen LogP contribution in [-0.4, -0.2) is 49.6 Å². The quantitative estimate of drug-likeness (QED) is 0.647. The first kappa shape index (κ1) is 14.9. The van der Waals surface area contributed by atoms with Gasteiger partial charge in [0.05, 0.1) is 19.0 Å². The van der Waals surface area contributed by atoms with Crippen LogP contribution in [0.5, 0.6) is 0 Å². The highest BCUT2D eigenvalue weighted by Gasteiger charge is 2.23. The van der Waals surface area contributed by atoms with E-state index in [2.05, 4.69) is 22.5 Å². The number of piperidine rings is 1. The van der Waals surface area contributed by atoms with Crippen LogP contribution in [0.15, 0.2) is 0 Å². The Bertz CT molecular complexity index is 287. The monoisotopic (exact) mass is 252 g/mol. The molecule has 0 aromatic rings. The van der Waals surface area contributed by atoms with Gasteiger partial charge >= 0.3 is 0 Å². The number of hydrogen-bond acceptors (Lipinski definition) is 4. The van der Waals surface area contributed by atoms with Gasteiger partial charge < -0.3 is 10.6 Å². The summed E-state index contributed by atoms with van der Waals surface area (Å²) in [5, 5.41) is 14.6. The number of nitrogens with one attached hydrogen (secondary N) is 2. The SMILES string of the molecule is CCNCC1CCCCN1CC(=O)NCCC#N. The molecule has 1 unspecified atom stereocenters. The number of likely N-dealkylation sites (N-methyl/N-ethyl adjacent to an activating group) is 1. The van der Waals surface area contributed by atoms with Crippen LogP contribution in [0, 0.1) is 11.3 Å². The van der Waals surface area contributed by atoms with Crippen LogP contribution in [0.1, 0.15) is 32.6 Å². The maximum atomic E-state index is 11.7. The van der Waals surface area contributed by atoms with Crippen molar-refractivity contribution >= 4 is 5.91 Å². The smallest absolute Gasteiger partial charge is 0.234 e. The van der Waals surface area contributed by atoms with Crippen molar-refractivity contribution in [1.29, 1.82) is 5.26 Å². The van der Waals surface area contributed by atoms with Gasteiger partial charge in [0.25, 0.3) is 0 Å². The van der Waals surface area contributed by atoms with Crippen LogP contribution in [0.4, 0.5) is 0 Å². The van der Waals surface area contributed by atoms with Gasteiger partial charge in [-0.1, -0.05) is 13.3 Å². The molecule has 1 saturated heterocycles.